The summed E-state index contributed by atoms with van der Waals surface area (Å²) in [5, 5.41) is 0. The van der Waals surface area contributed by atoms with Gasteiger partial charge in [-0.05, 0) is 26.0 Å². The van der Waals surface area contributed by atoms with E-state index in [0.717, 1.165) is 17.5 Å². The first-order valence-electron chi connectivity index (χ1n) is 4.76. The molecule has 0 saturated heterocycles. The molecule has 0 aliphatic rings. The Morgan fingerprint density at radius 2 is 1.94 bits per heavy atom. The largest absolute Gasteiger partial charge is 0.397 e. The molecule has 2 rings (SSSR count). The summed E-state index contributed by atoms with van der Waals surface area (Å²) in [6.45, 7) is 3.56. The predicted octanol–water partition coefficient (Wildman–Crippen LogP) is 2.35. The van der Waals surface area contributed by atoms with E-state index in [1.165, 1.54) is 17.0 Å². The second-order valence-corrected chi connectivity index (χ2v) is 3.58. The Balaban J connectivity index is 2.73. The van der Waals surface area contributed by atoms with Gasteiger partial charge in [0.25, 0.3) is 0 Å². The number of nitrogens with zero attached hydrogens (tertiary/aromatic N) is 2. The Morgan fingerprint density at radius 3 is 2.50 bits per heavy atom. The van der Waals surface area contributed by atoms with E-state index in [1.54, 1.807) is 13.8 Å². The number of anilines is 1. The summed E-state index contributed by atoms with van der Waals surface area (Å²) in [5.41, 5.74) is 7.32. The third-order valence-corrected chi connectivity index (χ3v) is 2.59. The second kappa shape index (κ2) is 3.59. The lowest BCUT2D eigenvalue weighted by molar-refractivity contribution is 0.504. The van der Waals surface area contributed by atoms with Gasteiger partial charge in [-0.15, -0.1) is 0 Å². The fraction of sp³-hybridized carbons (Fsp3) is 0.182. The molecule has 0 aliphatic carbocycles. The molecule has 0 saturated carbocycles. The maximum Gasteiger partial charge on any atom is 0.184 e. The van der Waals surface area contributed by atoms with Crippen molar-refractivity contribution < 1.29 is 8.78 Å². The lowest BCUT2D eigenvalue weighted by atomic mass is 10.2. The van der Waals surface area contributed by atoms with Gasteiger partial charge in [0, 0.05) is 5.69 Å². The van der Waals surface area contributed by atoms with E-state index in [0.29, 0.717) is 0 Å². The first kappa shape index (κ1) is 10.6. The number of halogens is 2. The van der Waals surface area contributed by atoms with Crippen molar-refractivity contribution in [3.63, 3.8) is 0 Å². The maximum atomic E-state index is 13.6. The first-order valence-corrected chi connectivity index (χ1v) is 4.76. The van der Waals surface area contributed by atoms with Crippen LogP contribution in [0.5, 0.6) is 0 Å². The fourth-order valence-corrected chi connectivity index (χ4v) is 1.52. The molecular weight excluding hydrogens is 212 g/mol. The minimum Gasteiger partial charge on any atom is -0.397 e. The standard InChI is InChI=1S/C11H11F2N3/c1-6-7(2)16(5-15-6)11-9(14)4-3-8(12)10(11)13/h3-5H,14H2,1-2H3. The number of benzene rings is 1. The summed E-state index contributed by atoms with van der Waals surface area (Å²) >= 11 is 0. The highest BCUT2D eigenvalue weighted by molar-refractivity contribution is 5.59. The molecule has 1 aromatic heterocycles. The van der Waals surface area contributed by atoms with E-state index >= 15 is 0 Å². The number of hydrogen-bond acceptors (Lipinski definition) is 2. The van der Waals surface area contributed by atoms with Crippen molar-refractivity contribution >= 4 is 5.69 Å². The number of rotatable bonds is 1. The van der Waals surface area contributed by atoms with Crippen LogP contribution >= 0.6 is 0 Å². The van der Waals surface area contributed by atoms with Gasteiger partial charge in [0.2, 0.25) is 0 Å². The van der Waals surface area contributed by atoms with Gasteiger partial charge >= 0.3 is 0 Å². The third-order valence-electron chi connectivity index (χ3n) is 2.59. The molecular formula is C11H11F2N3. The summed E-state index contributed by atoms with van der Waals surface area (Å²) in [7, 11) is 0. The van der Waals surface area contributed by atoms with E-state index in [9.17, 15) is 8.78 Å². The van der Waals surface area contributed by atoms with Crippen LogP contribution in [-0.2, 0) is 0 Å². The fourth-order valence-electron chi connectivity index (χ4n) is 1.52. The number of aromatic nitrogens is 2. The van der Waals surface area contributed by atoms with E-state index in [1.807, 2.05) is 0 Å². The third kappa shape index (κ3) is 1.44. The predicted molar refractivity (Wildman–Crippen MR) is 57.4 cm³/mol. The van der Waals surface area contributed by atoms with Crippen LogP contribution in [0.1, 0.15) is 11.4 Å². The Hall–Kier alpha value is -1.91. The summed E-state index contributed by atoms with van der Waals surface area (Å²) in [5.74, 6) is -1.88. The normalized spacial score (nSPS) is 10.8. The molecule has 2 N–H and O–H groups in total. The summed E-state index contributed by atoms with van der Waals surface area (Å²) < 4.78 is 28.2. The molecule has 0 atom stereocenters. The zero-order valence-corrected chi connectivity index (χ0v) is 8.96. The van der Waals surface area contributed by atoms with Crippen molar-refractivity contribution in [2.24, 2.45) is 0 Å². The van der Waals surface area contributed by atoms with Crippen LogP contribution in [0.2, 0.25) is 0 Å². The molecule has 84 valence electrons. The number of nitrogens with two attached hydrogens (primary N) is 1. The summed E-state index contributed by atoms with van der Waals surface area (Å²) in [6, 6.07) is 2.34. The van der Waals surface area contributed by atoms with Crippen LogP contribution in [0.4, 0.5) is 14.5 Å². The molecule has 2 aromatic rings. The van der Waals surface area contributed by atoms with Crippen molar-refractivity contribution in [1.29, 1.82) is 0 Å². The first-order chi connectivity index (χ1) is 7.52. The van der Waals surface area contributed by atoms with Crippen LogP contribution in [0.25, 0.3) is 5.69 Å². The quantitative estimate of drug-likeness (QED) is 0.754. The molecule has 1 heterocycles. The SMILES string of the molecule is Cc1ncn(-c2c(N)ccc(F)c2F)c1C. The van der Waals surface area contributed by atoms with Gasteiger partial charge in [-0.25, -0.2) is 13.8 Å². The van der Waals surface area contributed by atoms with Gasteiger partial charge in [0.05, 0.1) is 17.7 Å². The molecule has 0 spiro atoms. The van der Waals surface area contributed by atoms with Crippen LogP contribution in [-0.4, -0.2) is 9.55 Å². The molecule has 16 heavy (non-hydrogen) atoms. The van der Waals surface area contributed by atoms with Crippen LogP contribution in [0.15, 0.2) is 18.5 Å². The highest BCUT2D eigenvalue weighted by Gasteiger charge is 2.15. The summed E-state index contributed by atoms with van der Waals surface area (Å²) in [4.78, 5) is 4.02. The van der Waals surface area contributed by atoms with Crippen LogP contribution < -0.4 is 5.73 Å². The van der Waals surface area contributed by atoms with E-state index < -0.39 is 11.6 Å². The zero-order chi connectivity index (χ0) is 11.9. The monoisotopic (exact) mass is 223 g/mol. The van der Waals surface area contributed by atoms with Gasteiger partial charge in [-0.1, -0.05) is 0 Å². The number of imidazole rings is 1. The average molecular weight is 223 g/mol. The molecule has 0 unspecified atom stereocenters. The van der Waals surface area contributed by atoms with Crippen molar-refractivity contribution in [3.05, 3.63) is 41.5 Å². The van der Waals surface area contributed by atoms with E-state index in [4.69, 9.17) is 5.73 Å². The second-order valence-electron chi connectivity index (χ2n) is 3.58. The highest BCUT2D eigenvalue weighted by atomic mass is 19.2. The Morgan fingerprint density at radius 1 is 1.25 bits per heavy atom. The number of nitrogen functional groups attached to an aromatic ring is 1. The van der Waals surface area contributed by atoms with Crippen molar-refractivity contribution in [1.82, 2.24) is 9.55 Å². The van der Waals surface area contributed by atoms with Gasteiger partial charge in [-0.2, -0.15) is 0 Å². The Bertz CT molecular complexity index is 546. The molecule has 0 aliphatic heterocycles. The lowest BCUT2D eigenvalue weighted by Gasteiger charge is -2.10. The topological polar surface area (TPSA) is 43.8 Å². The van der Waals surface area contributed by atoms with Gasteiger partial charge in [-0.3, -0.25) is 4.57 Å². The molecule has 0 radical (unpaired) electrons. The van der Waals surface area contributed by atoms with Crippen LogP contribution in [0, 0.1) is 25.5 Å². The summed E-state index contributed by atoms with van der Waals surface area (Å²) in [6.07, 6.45) is 1.43. The van der Waals surface area contributed by atoms with Gasteiger partial charge in [0.1, 0.15) is 5.69 Å². The Kier molecular flexibility index (Phi) is 2.38. The average Bonchev–Trinajstić information content (AvgIpc) is 2.56. The zero-order valence-electron chi connectivity index (χ0n) is 8.96. The number of hydrogen-bond donors (Lipinski definition) is 1. The Labute approximate surface area is 91.5 Å². The molecule has 1 aromatic carbocycles. The van der Waals surface area contributed by atoms with E-state index in [-0.39, 0.29) is 11.4 Å². The van der Waals surface area contributed by atoms with Crippen molar-refractivity contribution in [2.75, 3.05) is 5.73 Å². The van der Waals surface area contributed by atoms with Crippen LogP contribution in [0.3, 0.4) is 0 Å². The minimum absolute atomic E-state index is 0.0121. The smallest absolute Gasteiger partial charge is 0.184 e. The minimum atomic E-state index is -0.958. The van der Waals surface area contributed by atoms with Gasteiger partial charge in [0.15, 0.2) is 11.6 Å². The molecule has 5 heteroatoms. The lowest BCUT2D eigenvalue weighted by Crippen LogP contribution is -2.05. The number of aryl methyl sites for hydroxylation is 1. The highest BCUT2D eigenvalue weighted by Crippen LogP contribution is 2.25. The molecule has 0 bridgehead atoms. The maximum absolute atomic E-state index is 13.6. The molecule has 0 fully saturated rings. The van der Waals surface area contributed by atoms with Gasteiger partial charge < -0.3 is 5.73 Å². The van der Waals surface area contributed by atoms with Crippen molar-refractivity contribution in [2.45, 2.75) is 13.8 Å². The molecule has 0 amide bonds. The van der Waals surface area contributed by atoms with E-state index in [2.05, 4.69) is 4.98 Å². The molecule has 3 nitrogen and oxygen atoms in total. The van der Waals surface area contributed by atoms with Crippen molar-refractivity contribution in [3.8, 4) is 5.69 Å².